The molecule has 0 spiro atoms. The van der Waals surface area contributed by atoms with Gasteiger partial charge in [-0.25, -0.2) is 13.6 Å². The summed E-state index contributed by atoms with van der Waals surface area (Å²) in [5, 5.41) is 12.5. The Hall–Kier alpha value is -1.64. The van der Waals surface area contributed by atoms with Crippen molar-refractivity contribution in [1.29, 1.82) is 0 Å². The van der Waals surface area contributed by atoms with Crippen LogP contribution >= 0.6 is 11.6 Å². The summed E-state index contributed by atoms with van der Waals surface area (Å²) in [5.41, 5.74) is 0. The fourth-order valence-electron chi connectivity index (χ4n) is 1.31. The van der Waals surface area contributed by atoms with Crippen molar-refractivity contribution >= 4 is 21.6 Å². The molecule has 1 heterocycles. The molecule has 1 aromatic carbocycles. The van der Waals surface area contributed by atoms with Crippen LogP contribution in [0.15, 0.2) is 27.5 Å². The smallest absolute Gasteiger partial charge is 0.253 e. The number of sulfonamides is 1. The van der Waals surface area contributed by atoms with Gasteiger partial charge in [0.1, 0.15) is 5.75 Å². The molecule has 9 heteroatoms. The first kappa shape index (κ1) is 13.8. The Labute approximate surface area is 114 Å². The lowest BCUT2D eigenvalue weighted by molar-refractivity contribution is 0.260. The number of rotatable bonds is 4. The number of nitrogens with zero attached hydrogens (tertiary/aromatic N) is 2. The molecule has 0 amide bonds. The Bertz CT molecular complexity index is 699. The second-order valence-electron chi connectivity index (χ2n) is 3.64. The van der Waals surface area contributed by atoms with Crippen LogP contribution < -0.4 is 9.88 Å². The molecule has 19 heavy (non-hydrogen) atoms. The third-order valence-electron chi connectivity index (χ3n) is 2.15. The molecule has 0 bridgehead atoms. The van der Waals surface area contributed by atoms with E-state index >= 15 is 0 Å². The van der Waals surface area contributed by atoms with Gasteiger partial charge in [-0.15, -0.1) is 10.2 Å². The minimum Gasteiger partial charge on any atom is -0.482 e. The monoisotopic (exact) mass is 303 g/mol. The zero-order valence-electron chi connectivity index (χ0n) is 9.83. The van der Waals surface area contributed by atoms with E-state index in [9.17, 15) is 8.42 Å². The van der Waals surface area contributed by atoms with Crippen LogP contribution in [0, 0.1) is 6.92 Å². The van der Waals surface area contributed by atoms with E-state index in [1.165, 1.54) is 18.2 Å². The highest BCUT2D eigenvalue weighted by atomic mass is 35.5. The summed E-state index contributed by atoms with van der Waals surface area (Å²) in [6.45, 7) is 1.69. The molecule has 0 saturated carbocycles. The fourth-order valence-corrected chi connectivity index (χ4v) is 2.15. The number of hydrogen-bond acceptors (Lipinski definition) is 6. The molecule has 0 fully saturated rings. The minimum atomic E-state index is -3.79. The lowest BCUT2D eigenvalue weighted by Crippen LogP contribution is -2.12. The Morgan fingerprint density at radius 2 is 2.16 bits per heavy atom. The van der Waals surface area contributed by atoms with Gasteiger partial charge in [0.15, 0.2) is 6.61 Å². The van der Waals surface area contributed by atoms with E-state index in [4.69, 9.17) is 25.9 Å². The maximum atomic E-state index is 11.1. The number of aromatic nitrogens is 2. The Morgan fingerprint density at radius 1 is 1.42 bits per heavy atom. The number of hydrogen-bond donors (Lipinski definition) is 1. The third-order valence-corrected chi connectivity index (χ3v) is 3.36. The first-order valence-corrected chi connectivity index (χ1v) is 7.03. The molecular weight excluding hydrogens is 294 g/mol. The Balaban J connectivity index is 2.14. The highest BCUT2D eigenvalue weighted by Crippen LogP contribution is 2.27. The van der Waals surface area contributed by atoms with E-state index in [0.717, 1.165) is 0 Å². The number of halogens is 1. The van der Waals surface area contributed by atoms with Crippen LogP contribution in [-0.4, -0.2) is 18.6 Å². The molecule has 0 radical (unpaired) electrons. The van der Waals surface area contributed by atoms with Gasteiger partial charge in [-0.05, 0) is 18.2 Å². The predicted octanol–water partition coefficient (Wildman–Crippen LogP) is 1.26. The first-order chi connectivity index (χ1) is 8.86. The van der Waals surface area contributed by atoms with Gasteiger partial charge in [0.05, 0.1) is 9.92 Å². The lowest BCUT2D eigenvalue weighted by Gasteiger charge is -2.06. The van der Waals surface area contributed by atoms with E-state index in [1.807, 2.05) is 0 Å². The molecule has 0 saturated heterocycles. The van der Waals surface area contributed by atoms with Crippen LogP contribution in [0.4, 0.5) is 0 Å². The Kier molecular flexibility index (Phi) is 3.74. The lowest BCUT2D eigenvalue weighted by atomic mass is 10.3. The standard InChI is InChI=1S/C10H10ClN3O4S/c1-6-13-14-10(18-6)5-17-9-3-2-7(4-8(9)11)19(12,15)16/h2-4H,5H2,1H3,(H2,12,15,16). The summed E-state index contributed by atoms with van der Waals surface area (Å²) in [7, 11) is -3.79. The normalized spacial score (nSPS) is 11.5. The molecule has 0 aliphatic rings. The average Bonchev–Trinajstić information content (AvgIpc) is 2.72. The molecule has 7 nitrogen and oxygen atoms in total. The SMILES string of the molecule is Cc1nnc(COc2ccc(S(N)(=O)=O)cc2Cl)o1. The summed E-state index contributed by atoms with van der Waals surface area (Å²) < 4.78 is 32.7. The number of primary sulfonamides is 1. The highest BCUT2D eigenvalue weighted by molar-refractivity contribution is 7.89. The van der Waals surface area contributed by atoms with Gasteiger partial charge >= 0.3 is 0 Å². The van der Waals surface area contributed by atoms with Crippen molar-refractivity contribution in [2.45, 2.75) is 18.4 Å². The molecule has 2 N–H and O–H groups in total. The largest absolute Gasteiger partial charge is 0.482 e. The molecule has 0 aliphatic carbocycles. The number of ether oxygens (including phenoxy) is 1. The van der Waals surface area contributed by atoms with Crippen molar-refractivity contribution in [2.24, 2.45) is 5.14 Å². The van der Waals surface area contributed by atoms with E-state index in [2.05, 4.69) is 10.2 Å². The van der Waals surface area contributed by atoms with Crippen molar-refractivity contribution in [3.05, 3.63) is 35.0 Å². The maximum absolute atomic E-state index is 11.1. The third kappa shape index (κ3) is 3.43. The highest BCUT2D eigenvalue weighted by Gasteiger charge is 2.12. The van der Waals surface area contributed by atoms with E-state index in [0.29, 0.717) is 17.5 Å². The van der Waals surface area contributed by atoms with Gasteiger partial charge in [0.2, 0.25) is 15.9 Å². The molecule has 2 aromatic rings. The zero-order valence-corrected chi connectivity index (χ0v) is 11.4. The molecular formula is C10H10ClN3O4S. The summed E-state index contributed by atoms with van der Waals surface area (Å²) >= 11 is 5.90. The van der Waals surface area contributed by atoms with Gasteiger partial charge in [0, 0.05) is 6.92 Å². The summed E-state index contributed by atoms with van der Waals surface area (Å²) in [6, 6.07) is 3.92. The quantitative estimate of drug-likeness (QED) is 0.910. The van der Waals surface area contributed by atoms with Crippen LogP contribution in [0.3, 0.4) is 0 Å². The molecule has 0 atom stereocenters. The molecule has 0 unspecified atom stereocenters. The molecule has 2 rings (SSSR count). The van der Waals surface area contributed by atoms with Crippen molar-refractivity contribution in [3.8, 4) is 5.75 Å². The number of nitrogens with two attached hydrogens (primary N) is 1. The fraction of sp³-hybridized carbons (Fsp3) is 0.200. The summed E-state index contributed by atoms with van der Waals surface area (Å²) in [5.74, 6) is 1.02. The van der Waals surface area contributed by atoms with Gasteiger partial charge in [-0.2, -0.15) is 0 Å². The van der Waals surface area contributed by atoms with E-state index < -0.39 is 10.0 Å². The second-order valence-corrected chi connectivity index (χ2v) is 5.61. The van der Waals surface area contributed by atoms with E-state index in [1.54, 1.807) is 6.92 Å². The maximum Gasteiger partial charge on any atom is 0.253 e. The van der Waals surface area contributed by atoms with Gasteiger partial charge in [-0.3, -0.25) is 0 Å². The second kappa shape index (κ2) is 5.16. The van der Waals surface area contributed by atoms with Crippen LogP contribution in [0.25, 0.3) is 0 Å². The minimum absolute atomic E-state index is 0.0370. The van der Waals surface area contributed by atoms with Crippen LogP contribution in [0.2, 0.25) is 5.02 Å². The van der Waals surface area contributed by atoms with Gasteiger partial charge < -0.3 is 9.15 Å². The van der Waals surface area contributed by atoms with Crippen molar-refractivity contribution < 1.29 is 17.6 Å². The topological polar surface area (TPSA) is 108 Å². The van der Waals surface area contributed by atoms with Crippen molar-refractivity contribution in [2.75, 3.05) is 0 Å². The number of benzene rings is 1. The zero-order chi connectivity index (χ0) is 14.0. The average molecular weight is 304 g/mol. The van der Waals surface area contributed by atoms with Crippen LogP contribution in [0.1, 0.15) is 11.8 Å². The van der Waals surface area contributed by atoms with Crippen LogP contribution in [-0.2, 0) is 16.6 Å². The molecule has 1 aromatic heterocycles. The Morgan fingerprint density at radius 3 is 2.68 bits per heavy atom. The predicted molar refractivity (Wildman–Crippen MR) is 66.2 cm³/mol. The first-order valence-electron chi connectivity index (χ1n) is 5.10. The summed E-state index contributed by atoms with van der Waals surface area (Å²) in [4.78, 5) is -0.0847. The van der Waals surface area contributed by atoms with Gasteiger partial charge in [0.25, 0.3) is 5.89 Å². The molecule has 102 valence electrons. The van der Waals surface area contributed by atoms with E-state index in [-0.39, 0.29) is 16.5 Å². The van der Waals surface area contributed by atoms with Crippen molar-refractivity contribution in [1.82, 2.24) is 10.2 Å². The number of aryl methyl sites for hydroxylation is 1. The molecule has 0 aliphatic heterocycles. The van der Waals surface area contributed by atoms with Crippen molar-refractivity contribution in [3.63, 3.8) is 0 Å². The van der Waals surface area contributed by atoms with Gasteiger partial charge in [-0.1, -0.05) is 11.6 Å². The van der Waals surface area contributed by atoms with Crippen LogP contribution in [0.5, 0.6) is 5.75 Å². The summed E-state index contributed by atoms with van der Waals surface area (Å²) in [6.07, 6.45) is 0.